The highest BCUT2D eigenvalue weighted by molar-refractivity contribution is 5.71. The maximum atomic E-state index is 10.3. The minimum atomic E-state index is -1.07. The van der Waals surface area contributed by atoms with E-state index in [2.05, 4.69) is 4.98 Å². The fourth-order valence-corrected chi connectivity index (χ4v) is 0.911. The first-order valence-electron chi connectivity index (χ1n) is 3.94. The first-order chi connectivity index (χ1) is 6.10. The first kappa shape index (κ1) is 9.83. The van der Waals surface area contributed by atoms with E-state index in [-0.39, 0.29) is 6.54 Å². The van der Waals surface area contributed by atoms with Crippen LogP contribution in [0.1, 0.15) is 23.0 Å². The van der Waals surface area contributed by atoms with E-state index in [0.29, 0.717) is 17.5 Å². The van der Waals surface area contributed by atoms with Crippen LogP contribution in [0.25, 0.3) is 0 Å². The Hall–Kier alpha value is -1.26. The standard InChI is InChI=1S/C9H12N2O2/c1-9(13,6-10)7-2-3-8(5-12)11-4-7/h2-5,13H,6,10H2,1H3. The highest BCUT2D eigenvalue weighted by Gasteiger charge is 2.20. The Morgan fingerprint density at radius 3 is 2.77 bits per heavy atom. The number of hydrogen-bond donors (Lipinski definition) is 2. The van der Waals surface area contributed by atoms with Crippen molar-refractivity contribution in [3.8, 4) is 0 Å². The van der Waals surface area contributed by atoms with Crippen molar-refractivity contribution in [2.45, 2.75) is 12.5 Å². The molecule has 1 rings (SSSR count). The average molecular weight is 180 g/mol. The number of hydrogen-bond acceptors (Lipinski definition) is 4. The molecular weight excluding hydrogens is 168 g/mol. The van der Waals surface area contributed by atoms with Crippen LogP contribution < -0.4 is 5.73 Å². The summed E-state index contributed by atoms with van der Waals surface area (Å²) < 4.78 is 0. The number of nitrogens with two attached hydrogens (primary N) is 1. The molecule has 1 heterocycles. The van der Waals surface area contributed by atoms with Crippen LogP contribution in [0.4, 0.5) is 0 Å². The Kier molecular flexibility index (Phi) is 2.75. The van der Waals surface area contributed by atoms with Gasteiger partial charge in [0.05, 0.1) is 0 Å². The topological polar surface area (TPSA) is 76.2 Å². The van der Waals surface area contributed by atoms with E-state index in [9.17, 15) is 9.90 Å². The zero-order valence-electron chi connectivity index (χ0n) is 7.40. The zero-order valence-corrected chi connectivity index (χ0v) is 7.40. The van der Waals surface area contributed by atoms with Gasteiger partial charge in [0, 0.05) is 18.3 Å². The number of rotatable bonds is 3. The molecule has 1 aromatic heterocycles. The van der Waals surface area contributed by atoms with Crippen molar-refractivity contribution in [1.29, 1.82) is 0 Å². The Labute approximate surface area is 76.4 Å². The fourth-order valence-electron chi connectivity index (χ4n) is 0.911. The van der Waals surface area contributed by atoms with Gasteiger partial charge in [-0.15, -0.1) is 0 Å². The second-order valence-electron chi connectivity index (χ2n) is 3.07. The van der Waals surface area contributed by atoms with E-state index in [0.717, 1.165) is 0 Å². The summed E-state index contributed by atoms with van der Waals surface area (Å²) in [5.41, 5.74) is 5.24. The molecule has 1 unspecified atom stereocenters. The molecule has 0 bridgehead atoms. The fraction of sp³-hybridized carbons (Fsp3) is 0.333. The number of aromatic nitrogens is 1. The summed E-state index contributed by atoms with van der Waals surface area (Å²) in [7, 11) is 0. The minimum Gasteiger partial charge on any atom is -0.384 e. The minimum absolute atomic E-state index is 0.120. The molecule has 3 N–H and O–H groups in total. The van der Waals surface area contributed by atoms with Crippen LogP contribution in [0.5, 0.6) is 0 Å². The summed E-state index contributed by atoms with van der Waals surface area (Å²) in [5.74, 6) is 0. The van der Waals surface area contributed by atoms with Gasteiger partial charge in [-0.25, -0.2) is 0 Å². The van der Waals surface area contributed by atoms with E-state index in [1.165, 1.54) is 6.20 Å². The maximum Gasteiger partial charge on any atom is 0.168 e. The lowest BCUT2D eigenvalue weighted by Gasteiger charge is -2.20. The number of nitrogens with zero attached hydrogens (tertiary/aromatic N) is 1. The molecule has 1 atom stereocenters. The molecule has 0 aliphatic heterocycles. The molecule has 4 nitrogen and oxygen atoms in total. The van der Waals surface area contributed by atoms with Gasteiger partial charge in [-0.1, -0.05) is 6.07 Å². The normalized spacial score (nSPS) is 15.0. The van der Waals surface area contributed by atoms with Gasteiger partial charge >= 0.3 is 0 Å². The molecule has 0 aliphatic rings. The van der Waals surface area contributed by atoms with Crippen molar-refractivity contribution in [2.75, 3.05) is 6.54 Å². The monoisotopic (exact) mass is 180 g/mol. The van der Waals surface area contributed by atoms with Crippen molar-refractivity contribution in [1.82, 2.24) is 4.98 Å². The SMILES string of the molecule is CC(O)(CN)c1ccc(C=O)nc1. The predicted octanol–water partition coefficient (Wildman–Crippen LogP) is 0.0603. The molecule has 0 radical (unpaired) electrons. The third-order valence-corrected chi connectivity index (χ3v) is 1.93. The maximum absolute atomic E-state index is 10.3. The summed E-state index contributed by atoms with van der Waals surface area (Å²) in [6.07, 6.45) is 2.11. The van der Waals surface area contributed by atoms with Crippen molar-refractivity contribution >= 4 is 6.29 Å². The third-order valence-electron chi connectivity index (χ3n) is 1.93. The van der Waals surface area contributed by atoms with Crippen LogP contribution in [0, 0.1) is 0 Å². The highest BCUT2D eigenvalue weighted by Crippen LogP contribution is 2.17. The van der Waals surface area contributed by atoms with Gasteiger partial charge in [-0.2, -0.15) is 0 Å². The van der Waals surface area contributed by atoms with Gasteiger partial charge in [-0.05, 0) is 13.0 Å². The molecule has 0 saturated carbocycles. The molecule has 70 valence electrons. The molecule has 0 amide bonds. The van der Waals surface area contributed by atoms with Crippen LogP contribution in [-0.4, -0.2) is 22.9 Å². The largest absolute Gasteiger partial charge is 0.384 e. The lowest BCUT2D eigenvalue weighted by Crippen LogP contribution is -2.31. The summed E-state index contributed by atoms with van der Waals surface area (Å²) in [4.78, 5) is 14.1. The quantitative estimate of drug-likeness (QED) is 0.645. The van der Waals surface area contributed by atoms with Gasteiger partial charge in [0.25, 0.3) is 0 Å². The van der Waals surface area contributed by atoms with Gasteiger partial charge in [0.1, 0.15) is 11.3 Å². The van der Waals surface area contributed by atoms with Crippen molar-refractivity contribution in [3.05, 3.63) is 29.6 Å². The van der Waals surface area contributed by atoms with Crippen molar-refractivity contribution in [3.63, 3.8) is 0 Å². The first-order valence-corrected chi connectivity index (χ1v) is 3.94. The molecule has 0 saturated heterocycles. The summed E-state index contributed by atoms with van der Waals surface area (Å²) in [5, 5.41) is 9.70. The van der Waals surface area contributed by atoms with E-state index >= 15 is 0 Å². The Morgan fingerprint density at radius 1 is 1.69 bits per heavy atom. The molecule has 4 heteroatoms. The van der Waals surface area contributed by atoms with Crippen LogP contribution in [0.2, 0.25) is 0 Å². The number of pyridine rings is 1. The highest BCUT2D eigenvalue weighted by atomic mass is 16.3. The van der Waals surface area contributed by atoms with Crippen LogP contribution in [0.3, 0.4) is 0 Å². The lowest BCUT2D eigenvalue weighted by molar-refractivity contribution is 0.0664. The van der Waals surface area contributed by atoms with Crippen LogP contribution >= 0.6 is 0 Å². The molecular formula is C9H12N2O2. The molecule has 1 aromatic rings. The summed E-state index contributed by atoms with van der Waals surface area (Å²) in [6, 6.07) is 3.19. The number of aldehydes is 1. The number of aliphatic hydroxyl groups is 1. The molecule has 0 aromatic carbocycles. The number of carbonyl (C=O) groups is 1. The summed E-state index contributed by atoms with van der Waals surface area (Å²) in [6.45, 7) is 1.72. The number of carbonyl (C=O) groups excluding carboxylic acids is 1. The van der Waals surface area contributed by atoms with Gasteiger partial charge in [0.2, 0.25) is 0 Å². The molecule has 0 fully saturated rings. The van der Waals surface area contributed by atoms with Gasteiger partial charge in [-0.3, -0.25) is 9.78 Å². The van der Waals surface area contributed by atoms with Crippen LogP contribution in [0.15, 0.2) is 18.3 Å². The zero-order chi connectivity index (χ0) is 9.90. The Bertz CT molecular complexity index is 293. The van der Waals surface area contributed by atoms with E-state index in [1.807, 2.05) is 0 Å². The average Bonchev–Trinajstić information content (AvgIpc) is 2.18. The molecule has 0 aliphatic carbocycles. The van der Waals surface area contributed by atoms with E-state index < -0.39 is 5.60 Å². The third kappa shape index (κ3) is 2.11. The van der Waals surface area contributed by atoms with Crippen molar-refractivity contribution in [2.24, 2.45) is 5.73 Å². The van der Waals surface area contributed by atoms with Gasteiger partial charge in [0.15, 0.2) is 6.29 Å². The molecule has 13 heavy (non-hydrogen) atoms. The smallest absolute Gasteiger partial charge is 0.168 e. The second-order valence-corrected chi connectivity index (χ2v) is 3.07. The predicted molar refractivity (Wildman–Crippen MR) is 48.2 cm³/mol. The van der Waals surface area contributed by atoms with E-state index in [1.54, 1.807) is 19.1 Å². The Balaban J connectivity index is 2.98. The molecule has 0 spiro atoms. The van der Waals surface area contributed by atoms with E-state index in [4.69, 9.17) is 5.73 Å². The Morgan fingerprint density at radius 2 is 2.38 bits per heavy atom. The van der Waals surface area contributed by atoms with Crippen LogP contribution in [-0.2, 0) is 5.60 Å². The second kappa shape index (κ2) is 3.64. The lowest BCUT2D eigenvalue weighted by atomic mass is 9.98. The van der Waals surface area contributed by atoms with Crippen molar-refractivity contribution < 1.29 is 9.90 Å². The summed E-state index contributed by atoms with van der Waals surface area (Å²) >= 11 is 0. The van der Waals surface area contributed by atoms with Gasteiger partial charge < -0.3 is 10.8 Å².